The highest BCUT2D eigenvalue weighted by Gasteiger charge is 2.31. The summed E-state index contributed by atoms with van der Waals surface area (Å²) in [6.45, 7) is 1.57. The first kappa shape index (κ1) is 10.7. The molecule has 2 aliphatic rings. The molecule has 0 spiro atoms. The molecule has 5 nitrogen and oxygen atoms in total. The van der Waals surface area contributed by atoms with E-state index >= 15 is 0 Å². The Morgan fingerprint density at radius 1 is 1.47 bits per heavy atom. The van der Waals surface area contributed by atoms with Crippen molar-refractivity contribution in [3.63, 3.8) is 0 Å². The third-order valence-corrected chi connectivity index (χ3v) is 3.23. The largest absolute Gasteiger partial charge is 0.492 e. The molecule has 1 aromatic rings. The van der Waals surface area contributed by atoms with Gasteiger partial charge < -0.3 is 19.3 Å². The number of aliphatic hydroxyl groups is 1. The van der Waals surface area contributed by atoms with Crippen LogP contribution in [0.2, 0.25) is 0 Å². The first-order valence-electron chi connectivity index (χ1n) is 5.56. The lowest BCUT2D eigenvalue weighted by atomic mass is 9.96. The average Bonchev–Trinajstić information content (AvgIpc) is 2.74. The lowest BCUT2D eigenvalue weighted by Gasteiger charge is -2.30. The molecule has 0 amide bonds. The maximum absolute atomic E-state index is 10.1. The molecule has 0 bridgehead atoms. The van der Waals surface area contributed by atoms with E-state index in [1.54, 1.807) is 7.11 Å². The number of benzene rings is 1. The molecule has 0 aliphatic carbocycles. The number of hydrogen-bond acceptors (Lipinski definition) is 5. The minimum atomic E-state index is -0.507. The minimum absolute atomic E-state index is 0.209. The second kappa shape index (κ2) is 3.78. The van der Waals surface area contributed by atoms with Gasteiger partial charge in [-0.05, 0) is 18.7 Å². The lowest BCUT2D eigenvalue weighted by Crippen LogP contribution is -2.30. The number of β-amino-alcohol motifs (C(OH)–C–C–N with tert-alkyl or cyclic N) is 1. The summed E-state index contributed by atoms with van der Waals surface area (Å²) in [7, 11) is 3.58. The molecule has 92 valence electrons. The number of fused-ring (bicyclic) bond motifs is 2. The van der Waals surface area contributed by atoms with Crippen molar-refractivity contribution in [3.05, 3.63) is 17.2 Å². The van der Waals surface area contributed by atoms with Crippen LogP contribution in [0, 0.1) is 0 Å². The Balaban J connectivity index is 2.19. The van der Waals surface area contributed by atoms with Crippen molar-refractivity contribution in [2.75, 3.05) is 27.5 Å². The number of hydrogen-bond donors (Lipinski definition) is 1. The first-order valence-corrected chi connectivity index (χ1v) is 5.56. The van der Waals surface area contributed by atoms with Crippen LogP contribution >= 0.6 is 0 Å². The van der Waals surface area contributed by atoms with E-state index in [1.807, 2.05) is 13.1 Å². The maximum Gasteiger partial charge on any atom is 0.231 e. The van der Waals surface area contributed by atoms with Gasteiger partial charge in [-0.15, -0.1) is 0 Å². The highest BCUT2D eigenvalue weighted by molar-refractivity contribution is 5.61. The van der Waals surface area contributed by atoms with E-state index < -0.39 is 6.10 Å². The molecule has 1 aromatic carbocycles. The minimum Gasteiger partial charge on any atom is -0.492 e. The standard InChI is InChI=1S/C12H15NO4/c1-13-4-8-7(9(14)5-13)3-10-12(11(8)15-2)17-6-16-10/h3,9,14H,4-6H2,1-2H3/t9-/m0/s1. The summed E-state index contributed by atoms with van der Waals surface area (Å²) in [6, 6.07) is 1.86. The van der Waals surface area contributed by atoms with E-state index in [2.05, 4.69) is 4.90 Å². The monoisotopic (exact) mass is 237 g/mol. The molecular formula is C12H15NO4. The van der Waals surface area contributed by atoms with Crippen molar-refractivity contribution in [2.24, 2.45) is 0 Å². The summed E-state index contributed by atoms with van der Waals surface area (Å²) in [5.41, 5.74) is 1.86. The summed E-state index contributed by atoms with van der Waals surface area (Å²) >= 11 is 0. The predicted molar refractivity (Wildman–Crippen MR) is 60.4 cm³/mol. The van der Waals surface area contributed by atoms with Gasteiger partial charge in [0.25, 0.3) is 0 Å². The van der Waals surface area contributed by atoms with Crippen molar-refractivity contribution in [1.82, 2.24) is 4.90 Å². The molecule has 17 heavy (non-hydrogen) atoms. The molecule has 0 unspecified atom stereocenters. The van der Waals surface area contributed by atoms with Crippen LogP contribution in [0.5, 0.6) is 17.2 Å². The van der Waals surface area contributed by atoms with E-state index in [4.69, 9.17) is 14.2 Å². The zero-order chi connectivity index (χ0) is 12.0. The second-order valence-corrected chi connectivity index (χ2v) is 4.42. The normalized spacial score (nSPS) is 22.4. The van der Waals surface area contributed by atoms with Crippen LogP contribution in [0.4, 0.5) is 0 Å². The van der Waals surface area contributed by atoms with Gasteiger partial charge in [0.2, 0.25) is 12.5 Å². The number of aliphatic hydroxyl groups excluding tert-OH is 1. The van der Waals surface area contributed by atoms with Gasteiger partial charge in [0, 0.05) is 18.7 Å². The zero-order valence-electron chi connectivity index (χ0n) is 9.90. The van der Waals surface area contributed by atoms with Crippen LogP contribution in [0.1, 0.15) is 17.2 Å². The third-order valence-electron chi connectivity index (χ3n) is 3.23. The highest BCUT2D eigenvalue weighted by Crippen LogP contribution is 2.47. The molecule has 0 aromatic heterocycles. The van der Waals surface area contributed by atoms with Crippen molar-refractivity contribution in [1.29, 1.82) is 0 Å². The van der Waals surface area contributed by atoms with E-state index in [9.17, 15) is 5.11 Å². The van der Waals surface area contributed by atoms with Crippen molar-refractivity contribution < 1.29 is 19.3 Å². The Morgan fingerprint density at radius 3 is 3.06 bits per heavy atom. The van der Waals surface area contributed by atoms with Crippen LogP contribution in [0.15, 0.2) is 6.07 Å². The first-order chi connectivity index (χ1) is 8.20. The Bertz CT molecular complexity index is 460. The molecule has 1 N–H and O–H groups in total. The summed E-state index contributed by atoms with van der Waals surface area (Å²) in [6.07, 6.45) is -0.507. The SMILES string of the molecule is COc1c2c(cc3c1OCO3)[C@@H](O)CN(C)C2. The molecule has 3 rings (SSSR count). The van der Waals surface area contributed by atoms with E-state index in [0.29, 0.717) is 23.8 Å². The molecule has 1 atom stereocenters. The zero-order valence-corrected chi connectivity index (χ0v) is 9.90. The van der Waals surface area contributed by atoms with Crippen LogP contribution in [-0.2, 0) is 6.54 Å². The van der Waals surface area contributed by atoms with Crippen LogP contribution < -0.4 is 14.2 Å². The number of likely N-dealkylation sites (N-methyl/N-ethyl adjacent to an activating group) is 1. The fraction of sp³-hybridized carbons (Fsp3) is 0.500. The maximum atomic E-state index is 10.1. The van der Waals surface area contributed by atoms with Crippen molar-refractivity contribution in [2.45, 2.75) is 12.6 Å². The van der Waals surface area contributed by atoms with Crippen LogP contribution in [-0.4, -0.2) is 37.5 Å². The summed E-state index contributed by atoms with van der Waals surface area (Å²) in [5, 5.41) is 10.1. The van der Waals surface area contributed by atoms with Gasteiger partial charge in [-0.2, -0.15) is 0 Å². The van der Waals surface area contributed by atoms with Crippen molar-refractivity contribution >= 4 is 0 Å². The van der Waals surface area contributed by atoms with Gasteiger partial charge >= 0.3 is 0 Å². The Hall–Kier alpha value is -1.46. The summed E-state index contributed by atoms with van der Waals surface area (Å²) < 4.78 is 16.2. The number of rotatable bonds is 1. The van der Waals surface area contributed by atoms with Crippen molar-refractivity contribution in [3.8, 4) is 17.2 Å². The third kappa shape index (κ3) is 1.54. The molecule has 0 saturated carbocycles. The van der Waals surface area contributed by atoms with Crippen LogP contribution in [0.3, 0.4) is 0 Å². The molecule has 0 radical (unpaired) electrons. The quantitative estimate of drug-likeness (QED) is 0.786. The van der Waals surface area contributed by atoms with Gasteiger partial charge in [-0.1, -0.05) is 0 Å². The molecule has 0 saturated heterocycles. The molecule has 2 aliphatic heterocycles. The summed E-state index contributed by atoms with van der Waals surface area (Å²) in [5.74, 6) is 1.98. The van der Waals surface area contributed by atoms with E-state index in [-0.39, 0.29) is 6.79 Å². The predicted octanol–water partition coefficient (Wildman–Crippen LogP) is 0.903. The number of ether oxygens (including phenoxy) is 3. The number of nitrogens with zero attached hydrogens (tertiary/aromatic N) is 1. The highest BCUT2D eigenvalue weighted by atomic mass is 16.7. The van der Waals surface area contributed by atoms with E-state index in [1.165, 1.54) is 0 Å². The molecule has 5 heteroatoms. The molecule has 0 fully saturated rings. The lowest BCUT2D eigenvalue weighted by molar-refractivity contribution is 0.106. The molecular weight excluding hydrogens is 222 g/mol. The second-order valence-electron chi connectivity index (χ2n) is 4.42. The topological polar surface area (TPSA) is 51.2 Å². The summed E-state index contributed by atoms with van der Waals surface area (Å²) in [4.78, 5) is 2.05. The fourth-order valence-electron chi connectivity index (χ4n) is 2.47. The van der Waals surface area contributed by atoms with Gasteiger partial charge in [0.15, 0.2) is 11.5 Å². The smallest absolute Gasteiger partial charge is 0.231 e. The number of methoxy groups -OCH3 is 1. The van der Waals surface area contributed by atoms with Gasteiger partial charge in [-0.25, -0.2) is 0 Å². The van der Waals surface area contributed by atoms with Gasteiger partial charge in [-0.3, -0.25) is 4.90 Å². The fourth-order valence-corrected chi connectivity index (χ4v) is 2.47. The molecule has 2 heterocycles. The average molecular weight is 237 g/mol. The van der Waals surface area contributed by atoms with E-state index in [0.717, 1.165) is 17.7 Å². The van der Waals surface area contributed by atoms with Gasteiger partial charge in [0.1, 0.15) is 0 Å². The van der Waals surface area contributed by atoms with Gasteiger partial charge in [0.05, 0.1) is 13.2 Å². The Labute approximate surface area is 99.5 Å². The Kier molecular flexibility index (Phi) is 2.38. The Morgan fingerprint density at radius 2 is 2.29 bits per heavy atom. The van der Waals surface area contributed by atoms with Crippen LogP contribution in [0.25, 0.3) is 0 Å².